The number of carbonyl (C=O) groups is 1. The molecule has 1 aromatic carbocycles. The minimum atomic E-state index is -0.484. The lowest BCUT2D eigenvalue weighted by atomic mass is 10.1. The third-order valence-electron chi connectivity index (χ3n) is 4.16. The van der Waals surface area contributed by atoms with Crippen molar-refractivity contribution in [3.8, 4) is 5.69 Å². The number of nitrogens with zero attached hydrogens (tertiary/aromatic N) is 5. The van der Waals surface area contributed by atoms with E-state index < -0.39 is 5.60 Å². The zero-order chi connectivity index (χ0) is 20.1. The molecular weight excluding hydrogens is 485 g/mol. The smallest absolute Gasteiger partial charge is 0.410 e. The molecule has 10 heteroatoms. The Morgan fingerprint density at radius 3 is 2.59 bits per heavy atom. The summed E-state index contributed by atoms with van der Waals surface area (Å²) in [5, 5.41) is 14.7. The van der Waals surface area contributed by atoms with Gasteiger partial charge in [0.2, 0.25) is 0 Å². The van der Waals surface area contributed by atoms with Gasteiger partial charge in [0, 0.05) is 25.8 Å². The van der Waals surface area contributed by atoms with Crippen LogP contribution in [0.5, 0.6) is 0 Å². The molecule has 0 unspecified atom stereocenters. The summed E-state index contributed by atoms with van der Waals surface area (Å²) in [6, 6.07) is 10.0. The van der Waals surface area contributed by atoms with Gasteiger partial charge in [-0.15, -0.1) is 34.2 Å². The van der Waals surface area contributed by atoms with Crippen LogP contribution in [0, 0.1) is 0 Å². The van der Waals surface area contributed by atoms with Crippen LogP contribution < -0.4 is 10.6 Å². The summed E-state index contributed by atoms with van der Waals surface area (Å²) < 4.78 is 7.29. The van der Waals surface area contributed by atoms with Gasteiger partial charge in [0.25, 0.3) is 0 Å². The van der Waals surface area contributed by atoms with Crippen molar-refractivity contribution in [2.45, 2.75) is 39.0 Å². The van der Waals surface area contributed by atoms with Crippen LogP contribution in [0.3, 0.4) is 0 Å². The highest BCUT2D eigenvalue weighted by molar-refractivity contribution is 14.0. The largest absolute Gasteiger partial charge is 0.444 e. The molecule has 158 valence electrons. The molecular formula is C19H28IN7O2. The first-order chi connectivity index (χ1) is 13.4. The molecule has 0 bridgehead atoms. The van der Waals surface area contributed by atoms with E-state index in [9.17, 15) is 4.79 Å². The summed E-state index contributed by atoms with van der Waals surface area (Å²) in [6.45, 7) is 7.21. The van der Waals surface area contributed by atoms with Gasteiger partial charge in [-0.2, -0.15) is 0 Å². The number of nitrogens with one attached hydrogen (secondary N) is 2. The molecule has 0 aliphatic carbocycles. The number of hydrogen-bond donors (Lipinski definition) is 2. The number of carbonyl (C=O) groups excluding carboxylic acids is 1. The maximum atomic E-state index is 12.0. The maximum absolute atomic E-state index is 12.0. The van der Waals surface area contributed by atoms with Crippen molar-refractivity contribution in [2.75, 3.05) is 20.1 Å². The Hall–Kier alpha value is -2.37. The number of aliphatic imine (C=N–C) groups is 1. The SMILES string of the molecule is CN=C(NCc1nncn1-c1ccccc1)NC1CN(C(=O)OC(C)(C)C)C1.I. The summed E-state index contributed by atoms with van der Waals surface area (Å²) in [5.74, 6) is 1.43. The Balaban J connectivity index is 0.00000300. The number of halogens is 1. The van der Waals surface area contributed by atoms with E-state index in [1.807, 2.05) is 55.7 Å². The second kappa shape index (κ2) is 9.90. The Morgan fingerprint density at radius 2 is 1.97 bits per heavy atom. The molecule has 0 radical (unpaired) electrons. The number of benzene rings is 1. The molecule has 1 aliphatic rings. The topological polar surface area (TPSA) is 96.7 Å². The summed E-state index contributed by atoms with van der Waals surface area (Å²) >= 11 is 0. The van der Waals surface area contributed by atoms with E-state index in [1.54, 1.807) is 18.3 Å². The standard InChI is InChI=1S/C19H27N7O2.HI/c1-19(2,3)28-18(27)25-11-14(12-25)23-17(20-4)21-10-16-24-22-13-26(16)15-8-6-5-7-9-15;/h5-9,13-14H,10-12H2,1-4H3,(H2,20,21,23);1H. The van der Waals surface area contributed by atoms with E-state index in [2.05, 4.69) is 25.8 Å². The van der Waals surface area contributed by atoms with Crippen LogP contribution in [0.1, 0.15) is 26.6 Å². The molecule has 1 fully saturated rings. The van der Waals surface area contributed by atoms with Crippen LogP contribution in [-0.2, 0) is 11.3 Å². The average molecular weight is 513 g/mol. The van der Waals surface area contributed by atoms with Crippen LogP contribution in [0.15, 0.2) is 41.7 Å². The fourth-order valence-electron chi connectivity index (χ4n) is 2.78. The quantitative estimate of drug-likeness (QED) is 0.370. The minimum Gasteiger partial charge on any atom is -0.444 e. The van der Waals surface area contributed by atoms with Gasteiger partial charge >= 0.3 is 6.09 Å². The first-order valence-corrected chi connectivity index (χ1v) is 9.25. The number of rotatable bonds is 4. The van der Waals surface area contributed by atoms with E-state index in [0.717, 1.165) is 11.5 Å². The molecule has 2 N–H and O–H groups in total. The molecule has 2 aromatic rings. The van der Waals surface area contributed by atoms with Gasteiger partial charge in [-0.25, -0.2) is 4.79 Å². The van der Waals surface area contributed by atoms with Gasteiger partial charge in [-0.1, -0.05) is 18.2 Å². The van der Waals surface area contributed by atoms with Crippen LogP contribution >= 0.6 is 24.0 Å². The lowest BCUT2D eigenvalue weighted by molar-refractivity contribution is 0.00701. The molecule has 1 aromatic heterocycles. The first-order valence-electron chi connectivity index (χ1n) is 9.25. The predicted octanol–water partition coefficient (Wildman–Crippen LogP) is 2.17. The monoisotopic (exact) mass is 513 g/mol. The summed E-state index contributed by atoms with van der Waals surface area (Å²) in [7, 11) is 1.71. The molecule has 0 atom stereocenters. The van der Waals surface area contributed by atoms with Gasteiger partial charge in [-0.3, -0.25) is 9.56 Å². The van der Waals surface area contributed by atoms with E-state index in [-0.39, 0.29) is 36.1 Å². The highest BCUT2D eigenvalue weighted by Gasteiger charge is 2.34. The van der Waals surface area contributed by atoms with Crippen LogP contribution in [-0.4, -0.2) is 63.5 Å². The first kappa shape index (κ1) is 22.9. The third kappa shape index (κ3) is 6.31. The number of ether oxygens (including phenoxy) is 1. The molecule has 1 saturated heterocycles. The number of guanidine groups is 1. The lowest BCUT2D eigenvalue weighted by Crippen LogP contribution is -2.63. The molecule has 1 aliphatic heterocycles. The number of para-hydroxylation sites is 1. The molecule has 0 saturated carbocycles. The molecule has 0 spiro atoms. The second-order valence-corrected chi connectivity index (χ2v) is 7.61. The Labute approximate surface area is 187 Å². The van der Waals surface area contributed by atoms with E-state index in [4.69, 9.17) is 4.74 Å². The van der Waals surface area contributed by atoms with Crippen molar-refractivity contribution in [3.63, 3.8) is 0 Å². The molecule has 3 rings (SSSR count). The second-order valence-electron chi connectivity index (χ2n) is 7.61. The predicted molar refractivity (Wildman–Crippen MR) is 122 cm³/mol. The van der Waals surface area contributed by atoms with Gasteiger partial charge in [-0.05, 0) is 32.9 Å². The summed E-state index contributed by atoms with van der Waals surface area (Å²) in [6.07, 6.45) is 1.40. The Morgan fingerprint density at radius 1 is 1.28 bits per heavy atom. The zero-order valence-electron chi connectivity index (χ0n) is 17.1. The lowest BCUT2D eigenvalue weighted by Gasteiger charge is -2.40. The van der Waals surface area contributed by atoms with Gasteiger partial charge in [0.15, 0.2) is 11.8 Å². The number of amides is 1. The van der Waals surface area contributed by atoms with Crippen LogP contribution in [0.4, 0.5) is 4.79 Å². The van der Waals surface area contributed by atoms with Crippen LogP contribution in [0.25, 0.3) is 5.69 Å². The van der Waals surface area contributed by atoms with Crippen LogP contribution in [0.2, 0.25) is 0 Å². The van der Waals surface area contributed by atoms with E-state index in [0.29, 0.717) is 25.6 Å². The fraction of sp³-hybridized carbons (Fsp3) is 0.474. The van der Waals surface area contributed by atoms with Gasteiger partial charge < -0.3 is 20.3 Å². The van der Waals surface area contributed by atoms with Crippen molar-refractivity contribution in [1.82, 2.24) is 30.3 Å². The molecule has 2 heterocycles. The van der Waals surface area contributed by atoms with Crippen molar-refractivity contribution < 1.29 is 9.53 Å². The van der Waals surface area contributed by atoms with Gasteiger partial charge in [0.1, 0.15) is 11.9 Å². The van der Waals surface area contributed by atoms with E-state index in [1.165, 1.54) is 0 Å². The average Bonchev–Trinajstić information content (AvgIpc) is 3.08. The zero-order valence-corrected chi connectivity index (χ0v) is 19.5. The number of likely N-dealkylation sites (tertiary alicyclic amines) is 1. The van der Waals surface area contributed by atoms with Gasteiger partial charge in [0.05, 0.1) is 12.6 Å². The Kier molecular flexibility index (Phi) is 7.82. The summed E-state index contributed by atoms with van der Waals surface area (Å²) in [5.41, 5.74) is 0.515. The highest BCUT2D eigenvalue weighted by Crippen LogP contribution is 2.15. The van der Waals surface area contributed by atoms with Crippen molar-refractivity contribution >= 4 is 36.0 Å². The third-order valence-corrected chi connectivity index (χ3v) is 4.16. The summed E-state index contributed by atoms with van der Waals surface area (Å²) in [4.78, 5) is 17.9. The molecule has 9 nitrogen and oxygen atoms in total. The minimum absolute atomic E-state index is 0. The normalized spacial score (nSPS) is 14.6. The maximum Gasteiger partial charge on any atom is 0.410 e. The number of hydrogen-bond acceptors (Lipinski definition) is 5. The molecule has 1 amide bonds. The van der Waals surface area contributed by atoms with E-state index >= 15 is 0 Å². The fourth-order valence-corrected chi connectivity index (χ4v) is 2.78. The highest BCUT2D eigenvalue weighted by atomic mass is 127. The van der Waals surface area contributed by atoms with Crippen molar-refractivity contribution in [3.05, 3.63) is 42.5 Å². The van der Waals surface area contributed by atoms with Crippen molar-refractivity contribution in [1.29, 1.82) is 0 Å². The van der Waals surface area contributed by atoms with Crippen molar-refractivity contribution in [2.24, 2.45) is 4.99 Å². The number of aromatic nitrogens is 3. The molecule has 29 heavy (non-hydrogen) atoms. The Bertz CT molecular complexity index is 827.